The minimum Gasteiger partial charge on any atom is -0.496 e. The minimum absolute atomic E-state index is 0.360. The number of ether oxygens (including phenoxy) is 2. The van der Waals surface area contributed by atoms with Crippen molar-refractivity contribution in [1.82, 2.24) is 9.97 Å². The molecule has 0 aliphatic rings. The van der Waals surface area contributed by atoms with Gasteiger partial charge in [0.25, 0.3) is 0 Å². The highest BCUT2D eigenvalue weighted by atomic mass is 32.1. The van der Waals surface area contributed by atoms with Crippen LogP contribution in [-0.2, 0) is 4.74 Å². The van der Waals surface area contributed by atoms with Gasteiger partial charge >= 0.3 is 5.97 Å². The number of aromatic nitrogens is 2. The van der Waals surface area contributed by atoms with Crippen LogP contribution >= 0.6 is 11.3 Å². The Balaban J connectivity index is 2.01. The van der Waals surface area contributed by atoms with Crippen LogP contribution in [0.4, 0.5) is 5.69 Å². The van der Waals surface area contributed by atoms with Crippen LogP contribution in [0, 0.1) is 0 Å². The van der Waals surface area contributed by atoms with E-state index in [0.29, 0.717) is 22.7 Å². The van der Waals surface area contributed by atoms with Gasteiger partial charge in [0.15, 0.2) is 0 Å². The maximum atomic E-state index is 11.7. The molecule has 3 aromatic rings. The van der Waals surface area contributed by atoms with Crippen LogP contribution in [0.1, 0.15) is 10.4 Å². The zero-order valence-corrected chi connectivity index (χ0v) is 14.0. The normalized spacial score (nSPS) is 10.4. The van der Waals surface area contributed by atoms with Gasteiger partial charge in [-0.25, -0.2) is 9.78 Å². The van der Waals surface area contributed by atoms with Gasteiger partial charge in [-0.1, -0.05) is 6.07 Å². The number of carbonyl (C=O) groups excluding carboxylic acids is 1. The number of benzene rings is 1. The lowest BCUT2D eigenvalue weighted by atomic mass is 10.1. The summed E-state index contributed by atoms with van der Waals surface area (Å²) in [6.45, 7) is 0. The largest absolute Gasteiger partial charge is 0.496 e. The molecule has 0 unspecified atom stereocenters. The van der Waals surface area contributed by atoms with E-state index in [1.54, 1.807) is 30.6 Å². The van der Waals surface area contributed by atoms with Crippen LogP contribution in [0.15, 0.2) is 42.0 Å². The lowest BCUT2D eigenvalue weighted by Gasteiger charge is -2.09. The molecule has 0 saturated heterocycles. The number of hydrogen-bond donors (Lipinski definition) is 1. The van der Waals surface area contributed by atoms with E-state index in [-0.39, 0.29) is 0 Å². The summed E-state index contributed by atoms with van der Waals surface area (Å²) in [6.07, 6.45) is 3.35. The van der Waals surface area contributed by atoms with E-state index in [1.807, 2.05) is 11.4 Å². The van der Waals surface area contributed by atoms with E-state index in [0.717, 1.165) is 16.1 Å². The fraction of sp³-hybridized carbons (Fsp3) is 0.118. The molecule has 1 aromatic carbocycles. The summed E-state index contributed by atoms with van der Waals surface area (Å²) in [5.74, 6) is -0.0285. The molecule has 2 aromatic heterocycles. The number of hydrogen-bond acceptors (Lipinski definition) is 7. The third-order valence-corrected chi connectivity index (χ3v) is 4.38. The molecule has 0 radical (unpaired) electrons. The van der Waals surface area contributed by atoms with E-state index >= 15 is 0 Å². The molecule has 122 valence electrons. The third kappa shape index (κ3) is 3.07. The zero-order chi connectivity index (χ0) is 17.1. The van der Waals surface area contributed by atoms with E-state index in [2.05, 4.69) is 9.97 Å². The summed E-state index contributed by atoms with van der Waals surface area (Å²) in [5.41, 5.74) is 9.03. The molecule has 0 saturated carbocycles. The molecular weight excluding hydrogens is 326 g/mol. The SMILES string of the molecule is COC(=O)c1ccc(-c2cncc(-c3cc(N)cs3)n2)cc1OC. The Hall–Kier alpha value is -2.93. The van der Waals surface area contributed by atoms with Crippen molar-refractivity contribution in [2.45, 2.75) is 0 Å². The molecule has 3 rings (SSSR count). The van der Waals surface area contributed by atoms with Crippen molar-refractivity contribution in [2.75, 3.05) is 20.0 Å². The van der Waals surface area contributed by atoms with Crippen molar-refractivity contribution in [1.29, 1.82) is 0 Å². The van der Waals surface area contributed by atoms with Gasteiger partial charge in [0.2, 0.25) is 0 Å². The van der Waals surface area contributed by atoms with Gasteiger partial charge in [0, 0.05) is 16.6 Å². The van der Waals surface area contributed by atoms with Crippen LogP contribution < -0.4 is 10.5 Å². The topological polar surface area (TPSA) is 87.3 Å². The zero-order valence-electron chi connectivity index (χ0n) is 13.1. The van der Waals surface area contributed by atoms with Gasteiger partial charge in [-0.15, -0.1) is 11.3 Å². The summed E-state index contributed by atoms with van der Waals surface area (Å²) < 4.78 is 10.0. The second-order valence-corrected chi connectivity index (χ2v) is 5.85. The molecule has 0 spiro atoms. The number of thiophene rings is 1. The maximum absolute atomic E-state index is 11.7. The number of anilines is 1. The second kappa shape index (κ2) is 6.67. The van der Waals surface area contributed by atoms with Crippen molar-refractivity contribution >= 4 is 23.0 Å². The Morgan fingerprint density at radius 1 is 1.17 bits per heavy atom. The first-order valence-electron chi connectivity index (χ1n) is 7.05. The lowest BCUT2D eigenvalue weighted by Crippen LogP contribution is -2.04. The van der Waals surface area contributed by atoms with Crippen molar-refractivity contribution in [3.63, 3.8) is 0 Å². The van der Waals surface area contributed by atoms with Crippen molar-refractivity contribution in [3.8, 4) is 27.6 Å². The maximum Gasteiger partial charge on any atom is 0.341 e. The Labute approximate surface area is 142 Å². The summed E-state index contributed by atoms with van der Waals surface area (Å²) in [5, 5.41) is 1.86. The van der Waals surface area contributed by atoms with Crippen LogP contribution in [0.25, 0.3) is 21.8 Å². The summed E-state index contributed by atoms with van der Waals surface area (Å²) in [7, 11) is 2.83. The quantitative estimate of drug-likeness (QED) is 0.733. The highest BCUT2D eigenvalue weighted by Gasteiger charge is 2.14. The number of carbonyl (C=O) groups is 1. The Bertz CT molecular complexity index is 892. The Morgan fingerprint density at radius 2 is 1.96 bits per heavy atom. The lowest BCUT2D eigenvalue weighted by molar-refractivity contribution is 0.0597. The van der Waals surface area contributed by atoms with Gasteiger partial charge in [-0.3, -0.25) is 4.98 Å². The first kappa shape index (κ1) is 15.9. The molecule has 6 nitrogen and oxygen atoms in total. The number of methoxy groups -OCH3 is 2. The summed E-state index contributed by atoms with van der Waals surface area (Å²) in [6, 6.07) is 7.03. The molecule has 0 fully saturated rings. The molecule has 0 aliphatic heterocycles. The molecule has 0 amide bonds. The molecule has 0 atom stereocenters. The molecule has 2 heterocycles. The Kier molecular flexibility index (Phi) is 4.43. The average molecular weight is 341 g/mol. The van der Waals surface area contributed by atoms with Crippen molar-refractivity contribution < 1.29 is 14.3 Å². The fourth-order valence-corrected chi connectivity index (χ4v) is 2.99. The van der Waals surface area contributed by atoms with Crippen molar-refractivity contribution in [3.05, 3.63) is 47.6 Å². The van der Waals surface area contributed by atoms with Gasteiger partial charge in [0.1, 0.15) is 11.3 Å². The molecule has 7 heteroatoms. The van der Waals surface area contributed by atoms with Gasteiger partial charge < -0.3 is 15.2 Å². The van der Waals surface area contributed by atoms with E-state index < -0.39 is 5.97 Å². The van der Waals surface area contributed by atoms with Crippen LogP contribution in [0.5, 0.6) is 5.75 Å². The standard InChI is InChI=1S/C17H15N3O3S/c1-22-15-5-10(3-4-12(15)17(21)23-2)13-7-19-8-14(20-13)16-6-11(18)9-24-16/h3-9H,18H2,1-2H3. The fourth-order valence-electron chi connectivity index (χ4n) is 2.24. The second-order valence-electron chi connectivity index (χ2n) is 4.94. The first-order chi connectivity index (χ1) is 11.6. The number of nitrogen functional groups attached to an aromatic ring is 1. The molecule has 24 heavy (non-hydrogen) atoms. The highest BCUT2D eigenvalue weighted by Crippen LogP contribution is 2.30. The number of nitrogens with zero attached hydrogens (tertiary/aromatic N) is 2. The predicted molar refractivity (Wildman–Crippen MR) is 93.1 cm³/mol. The highest BCUT2D eigenvalue weighted by molar-refractivity contribution is 7.14. The average Bonchev–Trinajstić information content (AvgIpc) is 3.07. The smallest absolute Gasteiger partial charge is 0.341 e. The molecule has 0 aliphatic carbocycles. The summed E-state index contributed by atoms with van der Waals surface area (Å²) >= 11 is 1.51. The monoisotopic (exact) mass is 341 g/mol. The van der Waals surface area contributed by atoms with Gasteiger partial charge in [-0.05, 0) is 18.2 Å². The molecule has 0 bridgehead atoms. The number of rotatable bonds is 4. The van der Waals surface area contributed by atoms with Crippen LogP contribution in [-0.4, -0.2) is 30.2 Å². The predicted octanol–water partition coefficient (Wildman–Crippen LogP) is 3.25. The van der Waals surface area contributed by atoms with E-state index in [4.69, 9.17) is 15.2 Å². The van der Waals surface area contributed by atoms with Gasteiger partial charge in [-0.2, -0.15) is 0 Å². The Morgan fingerprint density at radius 3 is 2.62 bits per heavy atom. The first-order valence-corrected chi connectivity index (χ1v) is 7.93. The van der Waals surface area contributed by atoms with Crippen molar-refractivity contribution in [2.24, 2.45) is 0 Å². The van der Waals surface area contributed by atoms with E-state index in [1.165, 1.54) is 25.6 Å². The van der Waals surface area contributed by atoms with Gasteiger partial charge in [0.05, 0.1) is 42.9 Å². The van der Waals surface area contributed by atoms with Crippen LogP contribution in [0.2, 0.25) is 0 Å². The summed E-state index contributed by atoms with van der Waals surface area (Å²) in [4.78, 5) is 21.6. The van der Waals surface area contributed by atoms with Crippen LogP contribution in [0.3, 0.4) is 0 Å². The molecule has 2 N–H and O–H groups in total. The number of esters is 1. The third-order valence-electron chi connectivity index (χ3n) is 3.41. The van der Waals surface area contributed by atoms with E-state index in [9.17, 15) is 4.79 Å². The molecular formula is C17H15N3O3S. The minimum atomic E-state index is -0.452. The number of nitrogens with two attached hydrogens (primary N) is 1.